The summed E-state index contributed by atoms with van der Waals surface area (Å²) in [6.45, 7) is 9.22. The summed E-state index contributed by atoms with van der Waals surface area (Å²) < 4.78 is 13.4. The molecule has 0 fully saturated rings. The summed E-state index contributed by atoms with van der Waals surface area (Å²) in [7, 11) is 1.84. The van der Waals surface area contributed by atoms with E-state index in [0.29, 0.717) is 19.1 Å². The van der Waals surface area contributed by atoms with Gasteiger partial charge < -0.3 is 14.3 Å². The Balaban J connectivity index is 1.51. The Morgan fingerprint density at radius 2 is 1.67 bits per heavy atom. The molecule has 1 aromatic heterocycles. The van der Waals surface area contributed by atoms with Crippen LogP contribution in [-0.4, -0.2) is 29.2 Å². The van der Waals surface area contributed by atoms with Crippen molar-refractivity contribution in [2.24, 2.45) is 12.2 Å². The van der Waals surface area contributed by atoms with Crippen LogP contribution in [0, 0.1) is 6.92 Å². The lowest BCUT2D eigenvalue weighted by molar-refractivity contribution is 0.108. The van der Waals surface area contributed by atoms with Crippen molar-refractivity contribution in [2.45, 2.75) is 33.1 Å². The van der Waals surface area contributed by atoms with E-state index >= 15 is 0 Å². The summed E-state index contributed by atoms with van der Waals surface area (Å²) in [4.78, 5) is 5.36. The lowest BCUT2D eigenvalue weighted by Gasteiger charge is -2.19. The topological polar surface area (TPSA) is 57.9 Å². The molecule has 0 spiro atoms. The lowest BCUT2D eigenvalue weighted by atomic mass is 9.87. The Kier molecular flexibility index (Phi) is 6.77. The Labute approximate surface area is 178 Å². The fourth-order valence-corrected chi connectivity index (χ4v) is 2.91. The Bertz CT molecular complexity index is 971. The van der Waals surface area contributed by atoms with Crippen LogP contribution in [0.15, 0.2) is 59.8 Å². The van der Waals surface area contributed by atoms with Crippen molar-refractivity contribution in [1.29, 1.82) is 0 Å². The van der Waals surface area contributed by atoms with E-state index < -0.39 is 0 Å². The third-order valence-corrected chi connectivity index (χ3v) is 4.59. The van der Waals surface area contributed by atoms with Gasteiger partial charge in [-0.2, -0.15) is 5.10 Å². The van der Waals surface area contributed by atoms with E-state index in [1.807, 2.05) is 56.4 Å². The van der Waals surface area contributed by atoms with Crippen molar-refractivity contribution in [1.82, 2.24) is 9.78 Å². The number of aromatic nitrogens is 2. The molecule has 0 amide bonds. The van der Waals surface area contributed by atoms with Crippen LogP contribution in [0.25, 0.3) is 0 Å². The van der Waals surface area contributed by atoms with Gasteiger partial charge in [0.1, 0.15) is 18.1 Å². The summed E-state index contributed by atoms with van der Waals surface area (Å²) in [6, 6.07) is 17.7. The molecule has 3 aromatic rings. The van der Waals surface area contributed by atoms with E-state index in [2.05, 4.69) is 43.2 Å². The number of hydrogen-bond acceptors (Lipinski definition) is 5. The second-order valence-corrected chi connectivity index (χ2v) is 8.03. The van der Waals surface area contributed by atoms with E-state index in [1.54, 1.807) is 10.9 Å². The predicted molar refractivity (Wildman–Crippen MR) is 119 cm³/mol. The second-order valence-electron chi connectivity index (χ2n) is 8.03. The molecule has 1 heterocycles. The molecule has 6 nitrogen and oxygen atoms in total. The van der Waals surface area contributed by atoms with E-state index in [0.717, 1.165) is 22.8 Å². The van der Waals surface area contributed by atoms with Crippen LogP contribution in [0.4, 0.5) is 0 Å². The highest BCUT2D eigenvalue weighted by atomic mass is 16.6. The first kappa shape index (κ1) is 21.4. The molecule has 0 unspecified atom stereocenters. The Morgan fingerprint density at radius 3 is 2.33 bits per heavy atom. The summed E-state index contributed by atoms with van der Waals surface area (Å²) >= 11 is 0. The van der Waals surface area contributed by atoms with E-state index in [-0.39, 0.29) is 5.41 Å². The molecule has 0 aliphatic heterocycles. The number of rotatable bonds is 8. The molecule has 0 bridgehead atoms. The quantitative estimate of drug-likeness (QED) is 0.291. The Hall–Kier alpha value is -3.28. The van der Waals surface area contributed by atoms with Crippen LogP contribution in [-0.2, 0) is 17.3 Å². The first-order valence-electron chi connectivity index (χ1n) is 10.00. The molecule has 0 saturated carbocycles. The maximum Gasteiger partial charge on any atom is 0.226 e. The normalized spacial score (nSPS) is 11.6. The average molecular weight is 408 g/mol. The monoisotopic (exact) mass is 407 g/mol. The van der Waals surface area contributed by atoms with Gasteiger partial charge in [-0.3, -0.25) is 0 Å². The number of para-hydroxylation sites is 1. The summed E-state index contributed by atoms with van der Waals surface area (Å²) in [6.07, 6.45) is 1.62. The maximum atomic E-state index is 5.96. The highest BCUT2D eigenvalue weighted by Crippen LogP contribution is 2.26. The summed E-state index contributed by atoms with van der Waals surface area (Å²) in [5, 5.41) is 8.46. The minimum atomic E-state index is 0.129. The predicted octanol–water partition coefficient (Wildman–Crippen LogP) is 5.25. The number of oxime groups is 1. The maximum absolute atomic E-state index is 5.96. The van der Waals surface area contributed by atoms with Crippen molar-refractivity contribution in [3.63, 3.8) is 0 Å². The van der Waals surface area contributed by atoms with E-state index in [1.165, 1.54) is 5.56 Å². The van der Waals surface area contributed by atoms with Crippen LogP contribution >= 0.6 is 0 Å². The minimum Gasteiger partial charge on any atom is -0.490 e. The van der Waals surface area contributed by atoms with Gasteiger partial charge in [0, 0.05) is 7.05 Å². The zero-order valence-corrected chi connectivity index (χ0v) is 18.3. The van der Waals surface area contributed by atoms with Gasteiger partial charge in [0.15, 0.2) is 6.61 Å². The zero-order valence-electron chi connectivity index (χ0n) is 18.3. The third kappa shape index (κ3) is 5.63. The molecule has 0 atom stereocenters. The first-order chi connectivity index (χ1) is 14.3. The first-order valence-corrected chi connectivity index (χ1v) is 10.00. The summed E-state index contributed by atoms with van der Waals surface area (Å²) in [5.41, 5.74) is 2.99. The lowest BCUT2D eigenvalue weighted by Crippen LogP contribution is -2.11. The standard InChI is InChI=1S/C24H29N3O3/c1-18-22(23(27(5)26-18)30-21-9-7-6-8-10-21)17-25-29-16-15-28-20-13-11-19(12-14-20)24(2,3)4/h6-14,17H,15-16H2,1-5H3. The van der Waals surface area contributed by atoms with Gasteiger partial charge in [-0.1, -0.05) is 56.3 Å². The van der Waals surface area contributed by atoms with Gasteiger partial charge >= 0.3 is 0 Å². The van der Waals surface area contributed by atoms with Crippen LogP contribution in [0.5, 0.6) is 17.4 Å². The number of nitrogens with zero attached hydrogens (tertiary/aromatic N) is 3. The van der Waals surface area contributed by atoms with E-state index in [9.17, 15) is 0 Å². The molecular weight excluding hydrogens is 378 g/mol. The number of aryl methyl sites for hydroxylation is 2. The largest absolute Gasteiger partial charge is 0.490 e. The molecular formula is C24H29N3O3. The smallest absolute Gasteiger partial charge is 0.226 e. The van der Waals surface area contributed by atoms with Gasteiger partial charge in [0.05, 0.1) is 17.5 Å². The fourth-order valence-electron chi connectivity index (χ4n) is 2.91. The molecule has 158 valence electrons. The van der Waals surface area contributed by atoms with Crippen LogP contribution in [0.2, 0.25) is 0 Å². The van der Waals surface area contributed by atoms with Gasteiger partial charge in [0.2, 0.25) is 5.88 Å². The molecule has 2 aromatic carbocycles. The molecule has 0 aliphatic rings. The molecule has 0 N–H and O–H groups in total. The number of hydrogen-bond donors (Lipinski definition) is 0. The average Bonchev–Trinajstić information content (AvgIpc) is 2.98. The summed E-state index contributed by atoms with van der Waals surface area (Å²) in [5.74, 6) is 2.17. The van der Waals surface area contributed by atoms with Crippen LogP contribution < -0.4 is 9.47 Å². The van der Waals surface area contributed by atoms with Crippen molar-refractivity contribution in [3.8, 4) is 17.4 Å². The second kappa shape index (κ2) is 9.48. The zero-order chi connectivity index (χ0) is 21.6. The van der Waals surface area contributed by atoms with Crippen molar-refractivity contribution in [2.75, 3.05) is 13.2 Å². The van der Waals surface area contributed by atoms with Crippen molar-refractivity contribution < 1.29 is 14.3 Å². The van der Waals surface area contributed by atoms with Crippen molar-refractivity contribution in [3.05, 3.63) is 71.4 Å². The van der Waals surface area contributed by atoms with Crippen LogP contribution in [0.1, 0.15) is 37.6 Å². The van der Waals surface area contributed by atoms with Gasteiger partial charge in [-0.05, 0) is 42.2 Å². The van der Waals surface area contributed by atoms with Gasteiger partial charge in [-0.25, -0.2) is 4.68 Å². The molecule has 0 saturated heterocycles. The van der Waals surface area contributed by atoms with Crippen LogP contribution in [0.3, 0.4) is 0 Å². The van der Waals surface area contributed by atoms with E-state index in [4.69, 9.17) is 14.3 Å². The van der Waals surface area contributed by atoms with Crippen molar-refractivity contribution >= 4 is 6.21 Å². The molecule has 30 heavy (non-hydrogen) atoms. The number of ether oxygens (including phenoxy) is 2. The fraction of sp³-hybridized carbons (Fsp3) is 0.333. The minimum absolute atomic E-state index is 0.129. The van der Waals surface area contributed by atoms with Gasteiger partial charge in [-0.15, -0.1) is 0 Å². The molecule has 6 heteroatoms. The highest BCUT2D eigenvalue weighted by Gasteiger charge is 2.14. The third-order valence-electron chi connectivity index (χ3n) is 4.59. The molecule has 0 radical (unpaired) electrons. The number of benzene rings is 2. The molecule has 0 aliphatic carbocycles. The molecule has 3 rings (SSSR count). The highest BCUT2D eigenvalue weighted by molar-refractivity contribution is 5.84. The SMILES string of the molecule is Cc1nn(C)c(Oc2ccccc2)c1C=NOCCOc1ccc(C(C)(C)C)cc1. The van der Waals surface area contributed by atoms with Gasteiger partial charge in [0.25, 0.3) is 0 Å². The Morgan fingerprint density at radius 1 is 0.967 bits per heavy atom.